The third-order valence-corrected chi connectivity index (χ3v) is 3.03. The highest BCUT2D eigenvalue weighted by Crippen LogP contribution is 2.28. The zero-order valence-corrected chi connectivity index (χ0v) is 11.7. The number of hydrogen-bond donors (Lipinski definition) is 2. The third kappa shape index (κ3) is 2.74. The molecule has 0 spiro atoms. The van der Waals surface area contributed by atoms with Crippen molar-refractivity contribution in [2.45, 2.75) is 13.5 Å². The highest BCUT2D eigenvalue weighted by Gasteiger charge is 2.18. The molecule has 6 nitrogen and oxygen atoms in total. The molecule has 0 saturated carbocycles. The number of nitrogens with zero attached hydrogens (tertiary/aromatic N) is 1. The van der Waals surface area contributed by atoms with Gasteiger partial charge in [-0.2, -0.15) is 5.10 Å². The van der Waals surface area contributed by atoms with E-state index >= 15 is 0 Å². The van der Waals surface area contributed by atoms with E-state index in [-0.39, 0.29) is 5.91 Å². The Morgan fingerprint density at radius 3 is 2.45 bits per heavy atom. The van der Waals surface area contributed by atoms with Gasteiger partial charge in [-0.05, 0) is 19.1 Å². The van der Waals surface area contributed by atoms with Crippen molar-refractivity contribution in [2.24, 2.45) is 0 Å². The summed E-state index contributed by atoms with van der Waals surface area (Å²) in [5.74, 6) is 0.705. The van der Waals surface area contributed by atoms with Gasteiger partial charge in [-0.15, -0.1) is 0 Å². The zero-order chi connectivity index (χ0) is 14.5. The highest BCUT2D eigenvalue weighted by molar-refractivity contribution is 5.99. The van der Waals surface area contributed by atoms with Crippen LogP contribution in [0.1, 0.15) is 21.6 Å². The maximum Gasteiger partial charge on any atom is 0.259 e. The largest absolute Gasteiger partial charge is 0.496 e. The van der Waals surface area contributed by atoms with E-state index in [0.29, 0.717) is 23.6 Å². The molecule has 0 aliphatic rings. The number of aromatic amines is 1. The van der Waals surface area contributed by atoms with E-state index in [4.69, 9.17) is 9.47 Å². The lowest BCUT2D eigenvalue weighted by Crippen LogP contribution is -2.24. The van der Waals surface area contributed by atoms with Crippen LogP contribution >= 0.6 is 0 Å². The monoisotopic (exact) mass is 275 g/mol. The summed E-state index contributed by atoms with van der Waals surface area (Å²) in [6.07, 6.45) is 1.69. The van der Waals surface area contributed by atoms with Crippen LogP contribution in [0.25, 0.3) is 0 Å². The fourth-order valence-electron chi connectivity index (χ4n) is 1.89. The summed E-state index contributed by atoms with van der Waals surface area (Å²) >= 11 is 0. The van der Waals surface area contributed by atoms with Gasteiger partial charge in [0.05, 0.1) is 20.4 Å². The van der Waals surface area contributed by atoms with Crippen molar-refractivity contribution in [3.63, 3.8) is 0 Å². The number of carbonyl (C=O) groups is 1. The molecule has 0 unspecified atom stereocenters. The van der Waals surface area contributed by atoms with E-state index in [1.807, 2.05) is 6.92 Å². The topological polar surface area (TPSA) is 76.2 Å². The number of methoxy groups -OCH3 is 2. The molecule has 0 fully saturated rings. The third-order valence-electron chi connectivity index (χ3n) is 3.03. The van der Waals surface area contributed by atoms with Gasteiger partial charge in [0.1, 0.15) is 17.1 Å². The minimum absolute atomic E-state index is 0.250. The summed E-state index contributed by atoms with van der Waals surface area (Å²) in [4.78, 5) is 12.3. The van der Waals surface area contributed by atoms with Gasteiger partial charge in [0.2, 0.25) is 0 Å². The minimum Gasteiger partial charge on any atom is -0.496 e. The molecule has 0 radical (unpaired) electrons. The van der Waals surface area contributed by atoms with E-state index in [1.165, 1.54) is 14.2 Å². The Morgan fingerprint density at radius 2 is 1.95 bits per heavy atom. The Labute approximate surface area is 117 Å². The number of aryl methyl sites for hydroxylation is 1. The smallest absolute Gasteiger partial charge is 0.259 e. The molecule has 0 saturated heterocycles. The Morgan fingerprint density at radius 1 is 1.30 bits per heavy atom. The summed E-state index contributed by atoms with van der Waals surface area (Å²) < 4.78 is 10.4. The SMILES string of the molecule is COc1cccc(OC)c1C(=O)NCc1cn[nH]c1C. The van der Waals surface area contributed by atoms with Crippen molar-refractivity contribution in [3.05, 3.63) is 41.2 Å². The van der Waals surface area contributed by atoms with Crippen molar-refractivity contribution in [1.29, 1.82) is 0 Å². The lowest BCUT2D eigenvalue weighted by molar-refractivity contribution is 0.0944. The second-order valence-corrected chi connectivity index (χ2v) is 4.24. The molecule has 0 aliphatic carbocycles. The number of amides is 1. The maximum absolute atomic E-state index is 12.3. The average molecular weight is 275 g/mol. The molecule has 1 aromatic heterocycles. The molecular formula is C14H17N3O3. The van der Waals surface area contributed by atoms with E-state index < -0.39 is 0 Å². The van der Waals surface area contributed by atoms with E-state index in [2.05, 4.69) is 15.5 Å². The molecule has 1 aromatic carbocycles. The van der Waals surface area contributed by atoms with Crippen LogP contribution in [-0.2, 0) is 6.54 Å². The Balaban J connectivity index is 2.18. The summed E-state index contributed by atoms with van der Waals surface area (Å²) in [5, 5.41) is 9.57. The number of benzene rings is 1. The van der Waals surface area contributed by atoms with E-state index in [0.717, 1.165) is 11.3 Å². The van der Waals surface area contributed by atoms with Crippen molar-refractivity contribution >= 4 is 5.91 Å². The fraction of sp³-hybridized carbons (Fsp3) is 0.286. The first-order valence-corrected chi connectivity index (χ1v) is 6.15. The van der Waals surface area contributed by atoms with Crippen LogP contribution in [0.5, 0.6) is 11.5 Å². The van der Waals surface area contributed by atoms with Crippen LogP contribution in [-0.4, -0.2) is 30.3 Å². The Hall–Kier alpha value is -2.50. The molecule has 6 heteroatoms. The molecule has 1 heterocycles. The lowest BCUT2D eigenvalue weighted by atomic mass is 10.1. The number of carbonyl (C=O) groups excluding carboxylic acids is 1. The first kappa shape index (κ1) is 13.9. The van der Waals surface area contributed by atoms with Gasteiger partial charge in [-0.1, -0.05) is 6.07 Å². The highest BCUT2D eigenvalue weighted by atomic mass is 16.5. The van der Waals surface area contributed by atoms with Gasteiger partial charge < -0.3 is 14.8 Å². The predicted octanol–water partition coefficient (Wildman–Crippen LogP) is 1.67. The molecule has 2 aromatic rings. The molecular weight excluding hydrogens is 258 g/mol. The van der Waals surface area contributed by atoms with Crippen molar-refractivity contribution in [1.82, 2.24) is 15.5 Å². The summed E-state index contributed by atoms with van der Waals surface area (Å²) in [6, 6.07) is 5.22. The minimum atomic E-state index is -0.250. The number of rotatable bonds is 5. The maximum atomic E-state index is 12.3. The van der Waals surface area contributed by atoms with Crippen LogP contribution in [0.2, 0.25) is 0 Å². The number of nitrogens with one attached hydrogen (secondary N) is 2. The van der Waals surface area contributed by atoms with Gasteiger partial charge in [0.25, 0.3) is 5.91 Å². The van der Waals surface area contributed by atoms with E-state index in [1.54, 1.807) is 24.4 Å². The van der Waals surface area contributed by atoms with Crippen molar-refractivity contribution in [2.75, 3.05) is 14.2 Å². The van der Waals surface area contributed by atoms with Gasteiger partial charge in [-0.3, -0.25) is 9.89 Å². The normalized spacial score (nSPS) is 10.2. The first-order valence-electron chi connectivity index (χ1n) is 6.15. The molecule has 0 atom stereocenters. The molecule has 20 heavy (non-hydrogen) atoms. The van der Waals surface area contributed by atoms with Crippen LogP contribution in [0, 0.1) is 6.92 Å². The predicted molar refractivity (Wildman–Crippen MR) is 74.0 cm³/mol. The van der Waals surface area contributed by atoms with Crippen LogP contribution in [0.4, 0.5) is 0 Å². The van der Waals surface area contributed by atoms with Gasteiger partial charge in [0, 0.05) is 17.8 Å². The van der Waals surface area contributed by atoms with Crippen molar-refractivity contribution in [3.8, 4) is 11.5 Å². The van der Waals surface area contributed by atoms with Crippen molar-refractivity contribution < 1.29 is 14.3 Å². The van der Waals surface area contributed by atoms with Gasteiger partial charge in [-0.25, -0.2) is 0 Å². The quantitative estimate of drug-likeness (QED) is 0.870. The van der Waals surface area contributed by atoms with E-state index in [9.17, 15) is 4.79 Å². The summed E-state index contributed by atoms with van der Waals surface area (Å²) in [6.45, 7) is 2.29. The first-order chi connectivity index (χ1) is 9.67. The Kier molecular flexibility index (Phi) is 4.24. The van der Waals surface area contributed by atoms with Crippen LogP contribution in [0.15, 0.2) is 24.4 Å². The number of hydrogen-bond acceptors (Lipinski definition) is 4. The van der Waals surface area contributed by atoms with Crippen LogP contribution < -0.4 is 14.8 Å². The Bertz CT molecular complexity index is 585. The fourth-order valence-corrected chi connectivity index (χ4v) is 1.89. The molecule has 2 N–H and O–H groups in total. The molecule has 2 rings (SSSR count). The second-order valence-electron chi connectivity index (χ2n) is 4.24. The standard InChI is InChI=1S/C14H17N3O3/c1-9-10(8-16-17-9)7-15-14(18)13-11(19-2)5-4-6-12(13)20-3/h4-6,8H,7H2,1-3H3,(H,15,18)(H,16,17). The number of H-pyrrole nitrogens is 1. The molecule has 106 valence electrons. The second kappa shape index (κ2) is 6.10. The van der Waals surface area contributed by atoms with Gasteiger partial charge >= 0.3 is 0 Å². The molecule has 0 aliphatic heterocycles. The average Bonchev–Trinajstić information content (AvgIpc) is 2.89. The lowest BCUT2D eigenvalue weighted by Gasteiger charge is -2.12. The number of ether oxygens (including phenoxy) is 2. The van der Waals surface area contributed by atoms with Gasteiger partial charge in [0.15, 0.2) is 0 Å². The zero-order valence-electron chi connectivity index (χ0n) is 11.7. The summed E-state index contributed by atoms with van der Waals surface area (Å²) in [5.41, 5.74) is 2.25. The van der Waals surface area contributed by atoms with Crippen LogP contribution in [0.3, 0.4) is 0 Å². The molecule has 0 bridgehead atoms. The number of aromatic nitrogens is 2. The summed E-state index contributed by atoms with van der Waals surface area (Å²) in [7, 11) is 3.04. The molecule has 1 amide bonds.